The van der Waals surface area contributed by atoms with E-state index in [1.165, 1.54) is 0 Å². The van der Waals surface area contributed by atoms with E-state index in [1.807, 2.05) is 50.2 Å². The smallest absolute Gasteiger partial charge is 0.228 e. The lowest BCUT2D eigenvalue weighted by Gasteiger charge is -2.27. The van der Waals surface area contributed by atoms with Crippen LogP contribution >= 0.6 is 0 Å². The predicted octanol–water partition coefficient (Wildman–Crippen LogP) is 3.32. The fraction of sp³-hybridized carbons (Fsp3) is 0.333. The maximum Gasteiger partial charge on any atom is 0.228 e. The van der Waals surface area contributed by atoms with Crippen molar-refractivity contribution in [2.24, 2.45) is 0 Å². The van der Waals surface area contributed by atoms with E-state index in [9.17, 15) is 9.59 Å². The fourth-order valence-corrected chi connectivity index (χ4v) is 3.50. The highest BCUT2D eigenvalue weighted by Crippen LogP contribution is 2.35. The SMILES string of the molecule is COc1cc(C)c([C@@H](C)NC(=O)[C@H]2CC(=O)Nc3ccccc32)cc1OC. The average Bonchev–Trinajstić information content (AvgIpc) is 2.66. The molecular weight excluding hydrogens is 344 g/mol. The van der Waals surface area contributed by atoms with Crippen molar-refractivity contribution in [3.63, 3.8) is 0 Å². The first-order valence-corrected chi connectivity index (χ1v) is 8.86. The van der Waals surface area contributed by atoms with Crippen molar-refractivity contribution in [1.82, 2.24) is 5.32 Å². The Morgan fingerprint density at radius 2 is 1.85 bits per heavy atom. The minimum Gasteiger partial charge on any atom is -0.493 e. The van der Waals surface area contributed by atoms with E-state index in [-0.39, 0.29) is 24.3 Å². The summed E-state index contributed by atoms with van der Waals surface area (Å²) in [6, 6.07) is 10.9. The van der Waals surface area contributed by atoms with E-state index in [1.54, 1.807) is 14.2 Å². The fourth-order valence-electron chi connectivity index (χ4n) is 3.50. The van der Waals surface area contributed by atoms with Gasteiger partial charge in [0, 0.05) is 12.1 Å². The average molecular weight is 368 g/mol. The van der Waals surface area contributed by atoms with Crippen LogP contribution in [0.5, 0.6) is 11.5 Å². The molecule has 1 aliphatic heterocycles. The largest absolute Gasteiger partial charge is 0.493 e. The zero-order valence-corrected chi connectivity index (χ0v) is 16.0. The molecule has 2 atom stereocenters. The maximum atomic E-state index is 12.9. The Hall–Kier alpha value is -3.02. The van der Waals surface area contributed by atoms with Crippen LogP contribution < -0.4 is 20.1 Å². The highest BCUT2D eigenvalue weighted by molar-refractivity contribution is 6.01. The molecule has 0 saturated carbocycles. The van der Waals surface area contributed by atoms with Crippen molar-refractivity contribution >= 4 is 17.5 Å². The molecule has 27 heavy (non-hydrogen) atoms. The summed E-state index contributed by atoms with van der Waals surface area (Å²) in [4.78, 5) is 24.9. The number of benzene rings is 2. The van der Waals surface area contributed by atoms with E-state index in [4.69, 9.17) is 9.47 Å². The second-order valence-electron chi connectivity index (χ2n) is 6.69. The quantitative estimate of drug-likeness (QED) is 0.849. The molecule has 2 amide bonds. The highest BCUT2D eigenvalue weighted by atomic mass is 16.5. The Balaban J connectivity index is 1.84. The normalized spacial score (nSPS) is 16.7. The number of para-hydroxylation sites is 1. The first kappa shape index (κ1) is 18.8. The molecule has 0 unspecified atom stereocenters. The van der Waals surface area contributed by atoms with Crippen LogP contribution in [0.3, 0.4) is 0 Å². The molecule has 6 heteroatoms. The van der Waals surface area contributed by atoms with E-state index in [2.05, 4.69) is 10.6 Å². The lowest BCUT2D eigenvalue weighted by atomic mass is 9.89. The molecule has 0 spiro atoms. The number of amides is 2. The molecule has 1 heterocycles. The van der Waals surface area contributed by atoms with Gasteiger partial charge < -0.3 is 20.1 Å². The highest BCUT2D eigenvalue weighted by Gasteiger charge is 2.31. The number of nitrogens with one attached hydrogen (secondary N) is 2. The van der Waals surface area contributed by atoms with Crippen molar-refractivity contribution in [2.45, 2.75) is 32.2 Å². The number of hydrogen-bond donors (Lipinski definition) is 2. The molecule has 1 aliphatic rings. The minimum absolute atomic E-state index is 0.139. The van der Waals surface area contributed by atoms with Crippen molar-refractivity contribution in [3.8, 4) is 11.5 Å². The standard InChI is InChI=1S/C21H24N2O4/c1-12-9-18(26-3)19(27-4)10-15(12)13(2)22-21(25)16-11-20(24)23-17-8-6-5-7-14(16)17/h5-10,13,16H,11H2,1-4H3,(H,22,25)(H,23,24)/t13-,16+/m1/s1. The van der Waals surface area contributed by atoms with Crippen LogP contribution in [0, 0.1) is 6.92 Å². The zero-order chi connectivity index (χ0) is 19.6. The number of carbonyl (C=O) groups is 2. The minimum atomic E-state index is -0.502. The first-order chi connectivity index (χ1) is 12.9. The Morgan fingerprint density at radius 3 is 2.56 bits per heavy atom. The number of carbonyl (C=O) groups excluding carboxylic acids is 2. The molecule has 0 bridgehead atoms. The van der Waals surface area contributed by atoms with Crippen molar-refractivity contribution < 1.29 is 19.1 Å². The van der Waals surface area contributed by atoms with Gasteiger partial charge in [0.15, 0.2) is 11.5 Å². The lowest BCUT2D eigenvalue weighted by Crippen LogP contribution is -2.36. The zero-order valence-electron chi connectivity index (χ0n) is 16.0. The van der Waals surface area contributed by atoms with Crippen molar-refractivity contribution in [3.05, 3.63) is 53.1 Å². The molecule has 0 saturated heterocycles. The molecule has 0 aliphatic carbocycles. The molecule has 0 aromatic heterocycles. The van der Waals surface area contributed by atoms with Gasteiger partial charge in [0.2, 0.25) is 11.8 Å². The lowest BCUT2D eigenvalue weighted by molar-refractivity contribution is -0.126. The van der Waals surface area contributed by atoms with Crippen LogP contribution in [-0.4, -0.2) is 26.0 Å². The Kier molecular flexibility index (Phi) is 5.35. The summed E-state index contributed by atoms with van der Waals surface area (Å²) in [6.45, 7) is 3.88. The van der Waals surface area contributed by atoms with E-state index in [0.717, 1.165) is 16.7 Å². The summed E-state index contributed by atoms with van der Waals surface area (Å²) >= 11 is 0. The Labute approximate surface area is 158 Å². The number of rotatable bonds is 5. The van der Waals surface area contributed by atoms with Gasteiger partial charge in [0.05, 0.1) is 26.2 Å². The van der Waals surface area contributed by atoms with E-state index >= 15 is 0 Å². The second kappa shape index (κ2) is 7.70. The number of fused-ring (bicyclic) bond motifs is 1. The first-order valence-electron chi connectivity index (χ1n) is 8.86. The van der Waals surface area contributed by atoms with Gasteiger partial charge in [-0.05, 0) is 48.7 Å². The second-order valence-corrected chi connectivity index (χ2v) is 6.69. The summed E-state index contributed by atoms with van der Waals surface area (Å²) in [7, 11) is 3.17. The summed E-state index contributed by atoms with van der Waals surface area (Å²) in [5.74, 6) is 0.442. The topological polar surface area (TPSA) is 76.7 Å². The number of aryl methyl sites for hydroxylation is 1. The third kappa shape index (κ3) is 3.74. The molecule has 2 aromatic carbocycles. The molecular formula is C21H24N2O4. The van der Waals surface area contributed by atoms with Crippen LogP contribution in [0.4, 0.5) is 5.69 Å². The van der Waals surface area contributed by atoms with Crippen LogP contribution in [0.25, 0.3) is 0 Å². The monoisotopic (exact) mass is 368 g/mol. The van der Waals surface area contributed by atoms with Gasteiger partial charge in [-0.2, -0.15) is 0 Å². The van der Waals surface area contributed by atoms with Gasteiger partial charge in [-0.15, -0.1) is 0 Å². The number of methoxy groups -OCH3 is 2. The predicted molar refractivity (Wildman–Crippen MR) is 103 cm³/mol. The molecule has 0 radical (unpaired) electrons. The van der Waals surface area contributed by atoms with E-state index in [0.29, 0.717) is 17.2 Å². The summed E-state index contributed by atoms with van der Waals surface area (Å²) < 4.78 is 10.7. The van der Waals surface area contributed by atoms with E-state index < -0.39 is 5.92 Å². The Morgan fingerprint density at radius 1 is 1.19 bits per heavy atom. The molecule has 142 valence electrons. The van der Waals surface area contributed by atoms with Gasteiger partial charge in [0.1, 0.15) is 0 Å². The third-order valence-corrected chi connectivity index (χ3v) is 4.91. The molecule has 2 aromatic rings. The van der Waals surface area contributed by atoms with Crippen LogP contribution in [0.15, 0.2) is 36.4 Å². The maximum absolute atomic E-state index is 12.9. The molecule has 3 rings (SSSR count). The van der Waals surface area contributed by atoms with Crippen LogP contribution in [0.1, 0.15) is 42.0 Å². The molecule has 0 fully saturated rings. The summed E-state index contributed by atoms with van der Waals surface area (Å²) in [5.41, 5.74) is 3.46. The van der Waals surface area contributed by atoms with Gasteiger partial charge in [0.25, 0.3) is 0 Å². The van der Waals surface area contributed by atoms with Crippen LogP contribution in [0.2, 0.25) is 0 Å². The Bertz CT molecular complexity index is 878. The van der Waals surface area contributed by atoms with Gasteiger partial charge >= 0.3 is 0 Å². The molecule has 6 nitrogen and oxygen atoms in total. The van der Waals surface area contributed by atoms with Crippen molar-refractivity contribution in [1.29, 1.82) is 0 Å². The summed E-state index contributed by atoms with van der Waals surface area (Å²) in [5, 5.41) is 5.86. The van der Waals surface area contributed by atoms with Crippen LogP contribution in [-0.2, 0) is 9.59 Å². The van der Waals surface area contributed by atoms with Gasteiger partial charge in [-0.25, -0.2) is 0 Å². The number of hydrogen-bond acceptors (Lipinski definition) is 4. The van der Waals surface area contributed by atoms with Gasteiger partial charge in [-0.3, -0.25) is 9.59 Å². The summed E-state index contributed by atoms with van der Waals surface area (Å²) in [6.07, 6.45) is 0.139. The molecule has 2 N–H and O–H groups in total. The third-order valence-electron chi connectivity index (χ3n) is 4.91. The van der Waals surface area contributed by atoms with Gasteiger partial charge in [-0.1, -0.05) is 18.2 Å². The number of ether oxygens (including phenoxy) is 2. The number of anilines is 1. The van der Waals surface area contributed by atoms with Crippen molar-refractivity contribution in [2.75, 3.05) is 19.5 Å².